The summed E-state index contributed by atoms with van der Waals surface area (Å²) in [6.45, 7) is 12.3. The summed E-state index contributed by atoms with van der Waals surface area (Å²) in [5, 5.41) is 5.95. The van der Waals surface area contributed by atoms with Crippen molar-refractivity contribution in [1.29, 1.82) is 0 Å². The number of carbonyl (C=O) groups is 1. The number of rotatable bonds is 10. The Balaban J connectivity index is 2.04. The highest BCUT2D eigenvalue weighted by Gasteiger charge is 2.18. The summed E-state index contributed by atoms with van der Waals surface area (Å²) < 4.78 is 26.5. The predicted octanol–water partition coefficient (Wildman–Crippen LogP) is 6.80. The summed E-state index contributed by atoms with van der Waals surface area (Å²) >= 11 is 0. The van der Waals surface area contributed by atoms with E-state index in [1.54, 1.807) is 12.1 Å². The van der Waals surface area contributed by atoms with Gasteiger partial charge in [-0.2, -0.15) is 0 Å². The third-order valence-electron chi connectivity index (χ3n) is 5.60. The summed E-state index contributed by atoms with van der Waals surface area (Å²) in [5.41, 5.74) is 5.37. The maximum Gasteiger partial charge on any atom is 0.323 e. The summed E-state index contributed by atoms with van der Waals surface area (Å²) in [6.07, 6.45) is 1.13. The van der Waals surface area contributed by atoms with Gasteiger partial charge in [0, 0.05) is 24.3 Å². The highest BCUT2D eigenvalue weighted by atomic mass is 32.2. The second kappa shape index (κ2) is 12.1. The van der Waals surface area contributed by atoms with Gasteiger partial charge in [-0.1, -0.05) is 69.7 Å². The van der Waals surface area contributed by atoms with Gasteiger partial charge < -0.3 is 15.5 Å². The molecule has 7 nitrogen and oxygen atoms in total. The molecule has 0 aliphatic carbocycles. The first-order chi connectivity index (χ1) is 17.4. The molecule has 0 spiro atoms. The lowest BCUT2D eigenvalue weighted by Gasteiger charge is -2.31. The smallest absolute Gasteiger partial charge is 0.323 e. The predicted molar refractivity (Wildman–Crippen MR) is 156 cm³/mol. The van der Waals surface area contributed by atoms with Crippen LogP contribution in [0.4, 0.5) is 27.5 Å². The van der Waals surface area contributed by atoms with E-state index in [0.29, 0.717) is 28.9 Å². The van der Waals surface area contributed by atoms with Crippen molar-refractivity contribution in [1.82, 2.24) is 0 Å². The van der Waals surface area contributed by atoms with Crippen LogP contribution in [0.5, 0.6) is 0 Å². The van der Waals surface area contributed by atoms with E-state index in [1.807, 2.05) is 61.5 Å². The molecule has 3 rings (SSSR count). The lowest BCUT2D eigenvalue weighted by molar-refractivity contribution is 0.262. The molecule has 2 amide bonds. The van der Waals surface area contributed by atoms with Gasteiger partial charge >= 0.3 is 6.03 Å². The number of aryl methyl sites for hydroxylation is 1. The van der Waals surface area contributed by atoms with Crippen molar-refractivity contribution in [3.63, 3.8) is 0 Å². The molecule has 3 aromatic carbocycles. The molecule has 0 aliphatic heterocycles. The van der Waals surface area contributed by atoms with Crippen LogP contribution in [0.25, 0.3) is 11.1 Å². The van der Waals surface area contributed by atoms with Crippen molar-refractivity contribution in [2.45, 2.75) is 34.6 Å². The lowest BCUT2D eigenvalue weighted by Crippen LogP contribution is -2.32. The van der Waals surface area contributed by atoms with E-state index >= 15 is 0 Å². The number of benzene rings is 3. The van der Waals surface area contributed by atoms with E-state index in [2.05, 4.69) is 48.0 Å². The fourth-order valence-electron chi connectivity index (χ4n) is 4.18. The first-order valence-electron chi connectivity index (χ1n) is 12.5. The second-order valence-electron chi connectivity index (χ2n) is 10.3. The third kappa shape index (κ3) is 8.53. The topological polar surface area (TPSA) is 90.5 Å². The zero-order chi connectivity index (χ0) is 27.2. The number of hydrogen-bond donors (Lipinski definition) is 3. The first kappa shape index (κ1) is 28.1. The van der Waals surface area contributed by atoms with Gasteiger partial charge in [0.2, 0.25) is 10.0 Å². The molecule has 0 heterocycles. The van der Waals surface area contributed by atoms with Crippen LogP contribution < -0.4 is 20.3 Å². The van der Waals surface area contributed by atoms with E-state index in [0.717, 1.165) is 41.7 Å². The number of carbonyl (C=O) groups excluding carboxylic acids is 1. The van der Waals surface area contributed by atoms with Crippen LogP contribution in [0.3, 0.4) is 0 Å². The van der Waals surface area contributed by atoms with Crippen molar-refractivity contribution >= 4 is 38.8 Å². The van der Waals surface area contributed by atoms with Crippen molar-refractivity contribution in [2.75, 3.05) is 39.6 Å². The highest BCUT2D eigenvalue weighted by molar-refractivity contribution is 7.92. The zero-order valence-electron chi connectivity index (χ0n) is 22.5. The van der Waals surface area contributed by atoms with Gasteiger partial charge in [0.1, 0.15) is 0 Å². The zero-order valence-corrected chi connectivity index (χ0v) is 23.3. The van der Waals surface area contributed by atoms with E-state index in [9.17, 15) is 13.2 Å². The molecule has 198 valence electrons. The Morgan fingerprint density at radius 2 is 1.46 bits per heavy atom. The molecule has 0 aliphatic rings. The summed E-state index contributed by atoms with van der Waals surface area (Å²) in [4.78, 5) is 15.3. The first-order valence-corrected chi connectivity index (χ1v) is 14.4. The Morgan fingerprint density at radius 3 is 2.05 bits per heavy atom. The van der Waals surface area contributed by atoms with E-state index in [-0.39, 0.29) is 6.03 Å². The molecule has 0 fully saturated rings. The van der Waals surface area contributed by atoms with Gasteiger partial charge in [-0.25, -0.2) is 13.2 Å². The Kier molecular flexibility index (Phi) is 9.21. The number of urea groups is 1. The molecule has 0 saturated heterocycles. The number of para-hydroxylation sites is 1. The SMILES string of the molecule is Cc1ccc(NC(=O)Nc2cc(-c3ccccc3NS(C)(=O)=O)ccc2N(CC(C)C)CC(C)C)cc1. The van der Waals surface area contributed by atoms with E-state index < -0.39 is 10.0 Å². The summed E-state index contributed by atoms with van der Waals surface area (Å²) in [6, 6.07) is 20.4. The van der Waals surface area contributed by atoms with Crippen LogP contribution in [-0.4, -0.2) is 33.8 Å². The summed E-state index contributed by atoms with van der Waals surface area (Å²) in [5.74, 6) is 0.847. The Morgan fingerprint density at radius 1 is 0.838 bits per heavy atom. The fourth-order valence-corrected chi connectivity index (χ4v) is 4.75. The third-order valence-corrected chi connectivity index (χ3v) is 6.19. The standard InChI is InChI=1S/C29H38N4O3S/c1-20(2)18-33(19-21(3)4)28-16-13-23(25-9-7-8-10-26(25)32-37(6,35)36)17-27(28)31-29(34)30-24-14-11-22(5)12-15-24/h7-17,20-21,32H,18-19H2,1-6H3,(H2,30,31,34). The molecule has 0 saturated carbocycles. The molecule has 0 aromatic heterocycles. The van der Waals surface area contributed by atoms with Gasteiger partial charge in [0.25, 0.3) is 0 Å². The molecule has 0 atom stereocenters. The molecule has 3 aromatic rings. The molecule has 0 bridgehead atoms. The van der Waals surface area contributed by atoms with Crippen molar-refractivity contribution in [2.24, 2.45) is 11.8 Å². The number of anilines is 4. The van der Waals surface area contributed by atoms with E-state index in [1.165, 1.54) is 0 Å². The minimum absolute atomic E-state index is 0.348. The maximum atomic E-state index is 13.1. The average Bonchev–Trinajstić information content (AvgIpc) is 2.79. The number of hydrogen-bond acceptors (Lipinski definition) is 4. The minimum atomic E-state index is -3.46. The second-order valence-corrected chi connectivity index (χ2v) is 12.0. The van der Waals surface area contributed by atoms with Crippen LogP contribution in [0.15, 0.2) is 66.7 Å². The van der Waals surface area contributed by atoms with Gasteiger partial charge in [-0.3, -0.25) is 4.72 Å². The van der Waals surface area contributed by atoms with Crippen molar-refractivity contribution in [3.8, 4) is 11.1 Å². The van der Waals surface area contributed by atoms with Gasteiger partial charge in [-0.15, -0.1) is 0 Å². The van der Waals surface area contributed by atoms with Crippen molar-refractivity contribution < 1.29 is 13.2 Å². The quantitative estimate of drug-likeness (QED) is 0.273. The minimum Gasteiger partial charge on any atom is -0.369 e. The fraction of sp³-hybridized carbons (Fsp3) is 0.345. The van der Waals surface area contributed by atoms with Gasteiger partial charge in [-0.05, 0) is 54.7 Å². The number of nitrogens with one attached hydrogen (secondary N) is 3. The molecule has 37 heavy (non-hydrogen) atoms. The average molecular weight is 523 g/mol. The molecule has 0 unspecified atom stereocenters. The number of nitrogens with zero attached hydrogens (tertiary/aromatic N) is 1. The number of amides is 2. The van der Waals surface area contributed by atoms with Crippen LogP contribution in [0.2, 0.25) is 0 Å². The van der Waals surface area contributed by atoms with E-state index in [4.69, 9.17) is 0 Å². The lowest BCUT2D eigenvalue weighted by atomic mass is 10.0. The molecule has 0 radical (unpaired) electrons. The van der Waals surface area contributed by atoms with Crippen LogP contribution in [-0.2, 0) is 10.0 Å². The van der Waals surface area contributed by atoms with Gasteiger partial charge in [0.15, 0.2) is 0 Å². The Hall–Kier alpha value is -3.52. The molecule has 8 heteroatoms. The Bertz CT molecular complexity index is 1310. The van der Waals surface area contributed by atoms with Crippen LogP contribution in [0, 0.1) is 18.8 Å². The maximum absolute atomic E-state index is 13.1. The molecular weight excluding hydrogens is 484 g/mol. The van der Waals surface area contributed by atoms with Gasteiger partial charge in [0.05, 0.1) is 23.3 Å². The largest absolute Gasteiger partial charge is 0.369 e. The normalized spacial score (nSPS) is 11.5. The number of sulfonamides is 1. The monoisotopic (exact) mass is 522 g/mol. The highest BCUT2D eigenvalue weighted by Crippen LogP contribution is 2.36. The van der Waals surface area contributed by atoms with Crippen molar-refractivity contribution in [3.05, 3.63) is 72.3 Å². The summed E-state index contributed by atoms with van der Waals surface area (Å²) in [7, 11) is -3.46. The molecule has 3 N–H and O–H groups in total. The van der Waals surface area contributed by atoms with Crippen LogP contribution >= 0.6 is 0 Å². The Labute approximate surface area is 221 Å². The molecular formula is C29H38N4O3S. The van der Waals surface area contributed by atoms with Crippen LogP contribution in [0.1, 0.15) is 33.3 Å².